The fourth-order valence-electron chi connectivity index (χ4n) is 3.96. The van der Waals surface area contributed by atoms with E-state index < -0.39 is 23.4 Å². The van der Waals surface area contributed by atoms with Crippen LogP contribution in [0.1, 0.15) is 0 Å². The smallest absolute Gasteiger partial charge is 0.312 e. The summed E-state index contributed by atoms with van der Waals surface area (Å²) in [7, 11) is 2.90. The molecule has 0 radical (unpaired) electrons. The van der Waals surface area contributed by atoms with Gasteiger partial charge < -0.3 is 19.1 Å². The number of fused-ring (bicyclic) bond motifs is 1. The summed E-state index contributed by atoms with van der Waals surface area (Å²) in [6.07, 6.45) is 3.39. The van der Waals surface area contributed by atoms with Gasteiger partial charge in [-0.15, -0.1) is 0 Å². The van der Waals surface area contributed by atoms with Gasteiger partial charge in [0.1, 0.15) is 17.3 Å². The zero-order valence-corrected chi connectivity index (χ0v) is 12.9. The minimum atomic E-state index is -0.749. The molecule has 2 bridgehead atoms. The van der Waals surface area contributed by atoms with Crippen LogP contribution < -0.4 is 9.64 Å². The van der Waals surface area contributed by atoms with Crippen molar-refractivity contribution in [2.75, 3.05) is 25.7 Å². The summed E-state index contributed by atoms with van der Waals surface area (Å²) in [5, 5.41) is 0. The maximum absolute atomic E-state index is 13.0. The van der Waals surface area contributed by atoms with Crippen molar-refractivity contribution in [3.05, 3.63) is 36.4 Å². The van der Waals surface area contributed by atoms with Crippen molar-refractivity contribution in [3.8, 4) is 5.75 Å². The molecule has 3 aliphatic heterocycles. The molecule has 6 heteroatoms. The van der Waals surface area contributed by atoms with Gasteiger partial charge in [0.05, 0.1) is 38.5 Å². The molecule has 4 rings (SSSR count). The summed E-state index contributed by atoms with van der Waals surface area (Å²) >= 11 is 0. The molecule has 0 unspecified atom stereocenters. The van der Waals surface area contributed by atoms with Crippen LogP contribution in [0.2, 0.25) is 0 Å². The maximum Gasteiger partial charge on any atom is 0.312 e. The van der Waals surface area contributed by atoms with Gasteiger partial charge in [0.2, 0.25) is 5.91 Å². The third kappa shape index (κ3) is 1.78. The SMILES string of the molecule is COC(=O)[C@H]1[C@H]2C=C[C@]3(CN(c4ccccc4OC)C(=O)[C@@H]13)O2. The molecule has 4 atom stereocenters. The Morgan fingerprint density at radius 3 is 2.87 bits per heavy atom. The summed E-state index contributed by atoms with van der Waals surface area (Å²) in [5.41, 5.74) is -0.0607. The Morgan fingerprint density at radius 1 is 1.35 bits per heavy atom. The molecule has 120 valence electrons. The number of rotatable bonds is 3. The van der Waals surface area contributed by atoms with Crippen LogP contribution in [-0.4, -0.2) is 44.3 Å². The Balaban J connectivity index is 1.75. The van der Waals surface area contributed by atoms with Crippen LogP contribution in [0.5, 0.6) is 5.75 Å². The number of anilines is 1. The Morgan fingerprint density at radius 2 is 2.13 bits per heavy atom. The van der Waals surface area contributed by atoms with Crippen LogP contribution in [-0.2, 0) is 19.1 Å². The fraction of sp³-hybridized carbons (Fsp3) is 0.412. The predicted octanol–water partition coefficient (Wildman–Crippen LogP) is 1.15. The van der Waals surface area contributed by atoms with Crippen molar-refractivity contribution >= 4 is 17.6 Å². The van der Waals surface area contributed by atoms with E-state index in [1.54, 1.807) is 18.1 Å². The average Bonchev–Trinajstić information content (AvgIpc) is 3.22. The van der Waals surface area contributed by atoms with E-state index in [2.05, 4.69) is 0 Å². The lowest BCUT2D eigenvalue weighted by Gasteiger charge is -2.22. The van der Waals surface area contributed by atoms with E-state index in [1.165, 1.54) is 7.11 Å². The van der Waals surface area contributed by atoms with Crippen LogP contribution in [0.25, 0.3) is 0 Å². The molecule has 23 heavy (non-hydrogen) atoms. The van der Waals surface area contributed by atoms with Gasteiger partial charge in [-0.05, 0) is 12.1 Å². The average molecular weight is 315 g/mol. The minimum Gasteiger partial charge on any atom is -0.495 e. The summed E-state index contributed by atoms with van der Waals surface area (Å²) in [6, 6.07) is 7.34. The zero-order valence-electron chi connectivity index (χ0n) is 12.9. The van der Waals surface area contributed by atoms with Gasteiger partial charge in [-0.1, -0.05) is 24.3 Å². The molecule has 3 heterocycles. The van der Waals surface area contributed by atoms with Gasteiger partial charge in [0.15, 0.2) is 0 Å². The number of amides is 1. The molecule has 1 aromatic carbocycles. The summed E-state index contributed by atoms with van der Waals surface area (Å²) in [4.78, 5) is 26.8. The molecule has 2 saturated heterocycles. The topological polar surface area (TPSA) is 65.1 Å². The molecule has 0 aliphatic carbocycles. The fourth-order valence-corrected chi connectivity index (χ4v) is 3.96. The number of para-hydroxylation sites is 2. The highest BCUT2D eigenvalue weighted by Crippen LogP contribution is 2.53. The number of methoxy groups -OCH3 is 2. The second kappa shape index (κ2) is 4.83. The van der Waals surface area contributed by atoms with Gasteiger partial charge >= 0.3 is 5.97 Å². The number of hydrogen-bond acceptors (Lipinski definition) is 5. The lowest BCUT2D eigenvalue weighted by molar-refractivity contribution is -0.149. The summed E-state index contributed by atoms with van der Waals surface area (Å²) in [5.74, 6) is -1.05. The molecule has 0 saturated carbocycles. The molecule has 6 nitrogen and oxygen atoms in total. The third-order valence-corrected chi connectivity index (χ3v) is 4.95. The van der Waals surface area contributed by atoms with Gasteiger partial charge in [-0.2, -0.15) is 0 Å². The van der Waals surface area contributed by atoms with Crippen molar-refractivity contribution in [2.24, 2.45) is 11.8 Å². The van der Waals surface area contributed by atoms with Crippen molar-refractivity contribution in [3.63, 3.8) is 0 Å². The lowest BCUT2D eigenvalue weighted by Crippen LogP contribution is -2.39. The highest BCUT2D eigenvalue weighted by molar-refractivity contribution is 6.03. The van der Waals surface area contributed by atoms with Gasteiger partial charge in [-0.3, -0.25) is 9.59 Å². The van der Waals surface area contributed by atoms with Crippen molar-refractivity contribution < 1.29 is 23.8 Å². The van der Waals surface area contributed by atoms with Crippen molar-refractivity contribution in [1.82, 2.24) is 0 Å². The van der Waals surface area contributed by atoms with Gasteiger partial charge in [-0.25, -0.2) is 0 Å². The third-order valence-electron chi connectivity index (χ3n) is 4.95. The molecule has 0 N–H and O–H groups in total. The Labute approximate surface area is 133 Å². The van der Waals surface area contributed by atoms with Crippen LogP contribution in [0, 0.1) is 11.8 Å². The number of esters is 1. The zero-order chi connectivity index (χ0) is 16.2. The Bertz CT molecular complexity index is 715. The van der Waals surface area contributed by atoms with Gasteiger partial charge in [0.25, 0.3) is 0 Å². The van der Waals surface area contributed by atoms with Crippen molar-refractivity contribution in [1.29, 1.82) is 0 Å². The molecule has 1 amide bonds. The number of benzene rings is 1. The van der Waals surface area contributed by atoms with E-state index in [0.29, 0.717) is 18.0 Å². The molecule has 0 aromatic heterocycles. The van der Waals surface area contributed by atoms with E-state index in [9.17, 15) is 9.59 Å². The Hall–Kier alpha value is -2.34. The Kier molecular flexibility index (Phi) is 2.99. The monoisotopic (exact) mass is 315 g/mol. The highest BCUT2D eigenvalue weighted by atomic mass is 16.5. The molecule has 2 fully saturated rings. The van der Waals surface area contributed by atoms with Crippen molar-refractivity contribution in [2.45, 2.75) is 11.7 Å². The standard InChI is InChI=1S/C17H17NO5/c1-21-11-6-4-3-5-10(11)18-9-17-8-7-12(23-17)13(16(20)22-2)14(17)15(18)19/h3-8,12-14H,9H2,1-2H3/t12-,13+,14-,17-/m1/s1. The first-order valence-corrected chi connectivity index (χ1v) is 7.51. The van der Waals surface area contributed by atoms with E-state index in [1.807, 2.05) is 30.4 Å². The van der Waals surface area contributed by atoms with E-state index >= 15 is 0 Å². The van der Waals surface area contributed by atoms with E-state index in [4.69, 9.17) is 14.2 Å². The molecule has 1 spiro atoms. The van der Waals surface area contributed by atoms with Crippen LogP contribution in [0.3, 0.4) is 0 Å². The van der Waals surface area contributed by atoms with Crippen LogP contribution in [0.15, 0.2) is 36.4 Å². The maximum atomic E-state index is 13.0. The minimum absolute atomic E-state index is 0.128. The number of carbonyl (C=O) groups is 2. The summed E-state index contributed by atoms with van der Waals surface area (Å²) in [6.45, 7) is 0.372. The van der Waals surface area contributed by atoms with E-state index in [0.717, 1.165) is 0 Å². The second-order valence-electron chi connectivity index (χ2n) is 6.02. The number of ether oxygens (including phenoxy) is 3. The molecular weight excluding hydrogens is 298 g/mol. The first-order valence-electron chi connectivity index (χ1n) is 7.51. The van der Waals surface area contributed by atoms with E-state index in [-0.39, 0.29) is 12.0 Å². The molecule has 3 aliphatic rings. The number of hydrogen-bond donors (Lipinski definition) is 0. The first kappa shape index (κ1) is 14.3. The predicted molar refractivity (Wildman–Crippen MR) is 81.1 cm³/mol. The lowest BCUT2D eigenvalue weighted by atomic mass is 9.77. The molecular formula is C17H17NO5. The quantitative estimate of drug-likeness (QED) is 0.618. The highest BCUT2D eigenvalue weighted by Gasteiger charge is 2.67. The largest absolute Gasteiger partial charge is 0.495 e. The van der Waals surface area contributed by atoms with Crippen LogP contribution >= 0.6 is 0 Å². The van der Waals surface area contributed by atoms with Crippen LogP contribution in [0.4, 0.5) is 5.69 Å². The van der Waals surface area contributed by atoms with Gasteiger partial charge in [0, 0.05) is 0 Å². The number of nitrogens with zero attached hydrogens (tertiary/aromatic N) is 1. The molecule has 1 aromatic rings. The summed E-state index contributed by atoms with van der Waals surface area (Å²) < 4.78 is 16.2. The first-order chi connectivity index (χ1) is 11.1. The normalized spacial score (nSPS) is 33.9. The second-order valence-corrected chi connectivity index (χ2v) is 6.02. The number of carbonyl (C=O) groups excluding carboxylic acids is 2.